The summed E-state index contributed by atoms with van der Waals surface area (Å²) >= 11 is 0. The summed E-state index contributed by atoms with van der Waals surface area (Å²) in [4.78, 5) is 55.0. The molecule has 40 heavy (non-hydrogen) atoms. The van der Waals surface area contributed by atoms with Crippen LogP contribution in [0.3, 0.4) is 0 Å². The molecule has 0 aliphatic heterocycles. The molecule has 3 rings (SSSR count). The van der Waals surface area contributed by atoms with Gasteiger partial charge in [-0.2, -0.15) is 0 Å². The normalized spacial score (nSPS) is 17.6. The fraction of sp³-hybridized carbons (Fsp3) is 0.531. The number of Topliss-reactive ketones (excluding diaryl/α,β-unsaturated/α-hetero) is 1. The van der Waals surface area contributed by atoms with Gasteiger partial charge in [0.2, 0.25) is 17.7 Å². The first kappa shape index (κ1) is 31.0. The van der Waals surface area contributed by atoms with E-state index in [1.165, 1.54) is 12.8 Å². The molecule has 0 bridgehead atoms. The molecule has 1 atom stereocenters. The summed E-state index contributed by atoms with van der Waals surface area (Å²) < 4.78 is 0. The Morgan fingerprint density at radius 3 is 2.38 bits per heavy atom. The van der Waals surface area contributed by atoms with E-state index in [0.29, 0.717) is 12.3 Å². The van der Waals surface area contributed by atoms with Crippen molar-refractivity contribution in [3.05, 3.63) is 54.2 Å². The molecule has 0 spiro atoms. The highest BCUT2D eigenvalue weighted by Gasteiger charge is 2.29. The van der Waals surface area contributed by atoms with E-state index in [4.69, 9.17) is 0 Å². The second-order valence-corrected chi connectivity index (χ2v) is 11.3. The zero-order valence-electron chi connectivity index (χ0n) is 24.1. The summed E-state index contributed by atoms with van der Waals surface area (Å²) in [6, 6.07) is 12.5. The van der Waals surface area contributed by atoms with E-state index in [1.54, 1.807) is 6.20 Å². The lowest BCUT2D eigenvalue weighted by Gasteiger charge is -2.29. The Kier molecular flexibility index (Phi) is 12.3. The van der Waals surface area contributed by atoms with E-state index in [2.05, 4.69) is 27.9 Å². The van der Waals surface area contributed by atoms with Gasteiger partial charge in [0.25, 0.3) is 0 Å². The third kappa shape index (κ3) is 10.2. The quantitative estimate of drug-likeness (QED) is 0.327. The van der Waals surface area contributed by atoms with Crippen LogP contribution in [0.5, 0.6) is 0 Å². The largest absolute Gasteiger partial charge is 0.349 e. The highest BCUT2D eigenvalue weighted by molar-refractivity contribution is 5.93. The molecular formula is C32H44N4O4. The number of benzene rings is 1. The molecule has 3 N–H and O–H groups in total. The van der Waals surface area contributed by atoms with Crippen LogP contribution in [0, 0.1) is 17.8 Å². The molecule has 1 aliphatic rings. The number of carbonyl (C=O) groups excluding carboxylic acids is 4. The fourth-order valence-corrected chi connectivity index (χ4v) is 5.30. The smallest absolute Gasteiger partial charge is 0.242 e. The minimum absolute atomic E-state index is 0.0583. The summed E-state index contributed by atoms with van der Waals surface area (Å²) in [5.41, 5.74) is 2.55. The summed E-state index contributed by atoms with van der Waals surface area (Å²) in [5.74, 6) is -0.190. The molecule has 216 valence electrons. The Labute approximate surface area is 238 Å². The zero-order chi connectivity index (χ0) is 28.9. The van der Waals surface area contributed by atoms with E-state index in [1.807, 2.05) is 56.3 Å². The molecule has 2 aromatic rings. The summed E-state index contributed by atoms with van der Waals surface area (Å²) in [7, 11) is 0. The van der Waals surface area contributed by atoms with Gasteiger partial charge >= 0.3 is 0 Å². The van der Waals surface area contributed by atoms with Crippen LogP contribution in [0.4, 0.5) is 0 Å². The maximum Gasteiger partial charge on any atom is 0.242 e. The molecule has 1 aromatic heterocycles. The van der Waals surface area contributed by atoms with Gasteiger partial charge in [0.05, 0.1) is 25.2 Å². The first-order valence-corrected chi connectivity index (χ1v) is 14.6. The third-order valence-electron chi connectivity index (χ3n) is 7.45. The monoisotopic (exact) mass is 548 g/mol. The van der Waals surface area contributed by atoms with Crippen molar-refractivity contribution in [3.8, 4) is 11.3 Å². The second-order valence-electron chi connectivity index (χ2n) is 11.3. The Morgan fingerprint density at radius 2 is 1.70 bits per heavy atom. The Hall–Kier alpha value is -3.55. The number of nitrogens with one attached hydrogen (secondary N) is 3. The Balaban J connectivity index is 1.43. The lowest BCUT2D eigenvalue weighted by molar-refractivity contribution is -0.132. The number of pyridine rings is 1. The van der Waals surface area contributed by atoms with Crippen LogP contribution in [-0.2, 0) is 25.6 Å². The molecule has 1 saturated carbocycles. The number of nitrogens with zero attached hydrogens (tertiary/aromatic N) is 1. The molecule has 1 fully saturated rings. The number of amides is 3. The molecule has 8 nitrogen and oxygen atoms in total. The number of rotatable bonds is 14. The van der Waals surface area contributed by atoms with E-state index in [0.717, 1.165) is 42.5 Å². The zero-order valence-corrected chi connectivity index (χ0v) is 24.1. The minimum Gasteiger partial charge on any atom is -0.349 e. The fourth-order valence-electron chi connectivity index (χ4n) is 5.30. The molecule has 0 unspecified atom stereocenters. The molecule has 1 aromatic carbocycles. The maximum absolute atomic E-state index is 12.9. The number of hydrogen-bond acceptors (Lipinski definition) is 5. The molecule has 8 heteroatoms. The van der Waals surface area contributed by atoms with Gasteiger partial charge in [0.15, 0.2) is 5.78 Å². The van der Waals surface area contributed by atoms with Crippen molar-refractivity contribution in [1.82, 2.24) is 20.9 Å². The van der Waals surface area contributed by atoms with Crippen LogP contribution in [0.15, 0.2) is 48.7 Å². The van der Waals surface area contributed by atoms with Gasteiger partial charge in [-0.1, -0.05) is 57.9 Å². The van der Waals surface area contributed by atoms with Gasteiger partial charge in [0, 0.05) is 17.7 Å². The van der Waals surface area contributed by atoms with Crippen molar-refractivity contribution in [2.75, 3.05) is 13.1 Å². The van der Waals surface area contributed by atoms with Crippen LogP contribution in [0.2, 0.25) is 0 Å². The van der Waals surface area contributed by atoms with Gasteiger partial charge in [-0.3, -0.25) is 24.2 Å². The number of ketones is 1. The van der Waals surface area contributed by atoms with Crippen molar-refractivity contribution in [3.63, 3.8) is 0 Å². The van der Waals surface area contributed by atoms with Gasteiger partial charge < -0.3 is 16.0 Å². The third-order valence-corrected chi connectivity index (χ3v) is 7.45. The van der Waals surface area contributed by atoms with Gasteiger partial charge in [-0.25, -0.2) is 0 Å². The standard InChI is InChI=1S/C32H44N4O4/c1-4-8-23-12-14-25(15-13-23)31(39)36-29(17-22(2)3)32(40)35-21-27(37)20-34-30(38)19-24-9-7-10-26(18-24)28-11-5-6-16-33-28/h5-7,9-11,16,18,22-23,25,29H,4,8,12-15,17,19-21H2,1-3H3,(H,34,38)(H,35,40)(H,36,39)/t23-,25-,29-/m0/s1. The van der Waals surface area contributed by atoms with Crippen LogP contribution in [0.25, 0.3) is 11.3 Å². The average Bonchev–Trinajstić information content (AvgIpc) is 2.95. The van der Waals surface area contributed by atoms with Crippen molar-refractivity contribution < 1.29 is 19.2 Å². The maximum atomic E-state index is 12.9. The summed E-state index contributed by atoms with van der Waals surface area (Å²) in [5, 5.41) is 8.24. The highest BCUT2D eigenvalue weighted by Crippen LogP contribution is 2.31. The highest BCUT2D eigenvalue weighted by atomic mass is 16.2. The SMILES string of the molecule is CCC[C@H]1CC[C@H](C(=O)N[C@@H](CC(C)C)C(=O)NCC(=O)CNC(=O)Cc2cccc(-c3ccccn3)c2)CC1. The van der Waals surface area contributed by atoms with E-state index in [-0.39, 0.29) is 54.9 Å². The molecule has 0 radical (unpaired) electrons. The first-order chi connectivity index (χ1) is 19.2. The van der Waals surface area contributed by atoms with Gasteiger partial charge in [0.1, 0.15) is 6.04 Å². The van der Waals surface area contributed by atoms with E-state index >= 15 is 0 Å². The van der Waals surface area contributed by atoms with E-state index in [9.17, 15) is 19.2 Å². The van der Waals surface area contributed by atoms with Crippen LogP contribution in [-0.4, -0.2) is 47.6 Å². The van der Waals surface area contributed by atoms with Crippen LogP contribution < -0.4 is 16.0 Å². The van der Waals surface area contributed by atoms with Gasteiger partial charge in [-0.15, -0.1) is 0 Å². The van der Waals surface area contributed by atoms with Gasteiger partial charge in [-0.05, 0) is 67.7 Å². The van der Waals surface area contributed by atoms with Crippen molar-refractivity contribution in [2.24, 2.45) is 17.8 Å². The molecule has 3 amide bonds. The first-order valence-electron chi connectivity index (χ1n) is 14.6. The molecular weight excluding hydrogens is 504 g/mol. The predicted octanol–water partition coefficient (Wildman–Crippen LogP) is 4.23. The van der Waals surface area contributed by atoms with Crippen molar-refractivity contribution in [1.29, 1.82) is 0 Å². The number of hydrogen-bond donors (Lipinski definition) is 3. The number of carbonyl (C=O) groups is 4. The Morgan fingerprint density at radius 1 is 0.950 bits per heavy atom. The predicted molar refractivity (Wildman–Crippen MR) is 156 cm³/mol. The van der Waals surface area contributed by atoms with Crippen LogP contribution in [0.1, 0.15) is 71.3 Å². The average molecular weight is 549 g/mol. The summed E-state index contributed by atoms with van der Waals surface area (Å²) in [6.45, 7) is 5.79. The second kappa shape index (κ2) is 15.9. The number of aromatic nitrogens is 1. The Bertz CT molecular complexity index is 1130. The topological polar surface area (TPSA) is 117 Å². The van der Waals surface area contributed by atoms with Crippen molar-refractivity contribution in [2.45, 2.75) is 78.2 Å². The van der Waals surface area contributed by atoms with Crippen molar-refractivity contribution >= 4 is 23.5 Å². The lowest BCUT2D eigenvalue weighted by atomic mass is 9.79. The van der Waals surface area contributed by atoms with Crippen LogP contribution >= 0.6 is 0 Å². The molecule has 1 heterocycles. The molecule has 1 aliphatic carbocycles. The molecule has 0 saturated heterocycles. The summed E-state index contributed by atoms with van der Waals surface area (Å²) in [6.07, 6.45) is 8.55. The lowest BCUT2D eigenvalue weighted by Crippen LogP contribution is -2.50. The van der Waals surface area contributed by atoms with E-state index < -0.39 is 6.04 Å². The minimum atomic E-state index is -0.686.